The van der Waals surface area contributed by atoms with Crippen LogP contribution in [0, 0.1) is 5.92 Å². The van der Waals surface area contributed by atoms with Crippen molar-refractivity contribution in [1.29, 1.82) is 0 Å². The van der Waals surface area contributed by atoms with Crippen molar-refractivity contribution in [3.63, 3.8) is 0 Å². The van der Waals surface area contributed by atoms with E-state index in [2.05, 4.69) is 10.1 Å². The first-order valence-corrected chi connectivity index (χ1v) is 6.35. The molecule has 5 unspecified atom stereocenters. The molecule has 1 aliphatic heterocycles. The van der Waals surface area contributed by atoms with Gasteiger partial charge in [0.2, 0.25) is 0 Å². The van der Waals surface area contributed by atoms with Gasteiger partial charge in [-0.05, 0) is 12.8 Å². The fraction of sp³-hybridized carbons (Fsp3) is 0.833. The van der Waals surface area contributed by atoms with Gasteiger partial charge < -0.3 is 25.9 Å². The maximum atomic E-state index is 10.0. The molecule has 5 atom stereocenters. The Morgan fingerprint density at radius 2 is 2.00 bits per heavy atom. The molecule has 19 heavy (non-hydrogen) atoms. The monoisotopic (exact) mass is 273 g/mol. The van der Waals surface area contributed by atoms with E-state index >= 15 is 0 Å². The van der Waals surface area contributed by atoms with Crippen LogP contribution in [0.4, 0.5) is 0 Å². The molecule has 0 radical (unpaired) electrons. The van der Waals surface area contributed by atoms with Crippen LogP contribution in [0.2, 0.25) is 0 Å². The third-order valence-electron chi connectivity index (χ3n) is 3.25. The number of rotatable bonds is 4. The molecule has 0 spiro atoms. The van der Waals surface area contributed by atoms with E-state index in [1.807, 2.05) is 13.8 Å². The molecular weight excluding hydrogens is 250 g/mol. The lowest BCUT2D eigenvalue weighted by Gasteiger charge is -2.39. The predicted octanol–water partition coefficient (Wildman–Crippen LogP) is -1.10. The molecule has 1 fully saturated rings. The van der Waals surface area contributed by atoms with Crippen molar-refractivity contribution >= 4 is 11.9 Å². The van der Waals surface area contributed by atoms with Gasteiger partial charge in [0.25, 0.3) is 0 Å². The van der Waals surface area contributed by atoms with Crippen molar-refractivity contribution in [3.05, 3.63) is 0 Å². The first kappa shape index (κ1) is 16.0. The van der Waals surface area contributed by atoms with Crippen molar-refractivity contribution < 1.29 is 20.1 Å². The number of nitrogens with two attached hydrogens (primary N) is 1. The van der Waals surface area contributed by atoms with Crippen molar-refractivity contribution in [2.24, 2.45) is 21.9 Å². The van der Waals surface area contributed by atoms with Crippen LogP contribution in [0.3, 0.4) is 0 Å². The zero-order valence-electron chi connectivity index (χ0n) is 11.5. The molecule has 0 bridgehead atoms. The van der Waals surface area contributed by atoms with E-state index in [9.17, 15) is 10.2 Å². The van der Waals surface area contributed by atoms with E-state index in [0.717, 1.165) is 0 Å². The Bertz CT molecular complexity index is 346. The van der Waals surface area contributed by atoms with E-state index < -0.39 is 30.5 Å². The molecule has 5 N–H and O–H groups in total. The van der Waals surface area contributed by atoms with Gasteiger partial charge in [-0.2, -0.15) is 5.10 Å². The lowest BCUT2D eigenvalue weighted by Crippen LogP contribution is -2.57. The molecule has 1 saturated heterocycles. The number of hydrazone groups is 1. The number of ether oxygens (including phenoxy) is 1. The van der Waals surface area contributed by atoms with E-state index in [4.69, 9.17) is 15.7 Å². The van der Waals surface area contributed by atoms with Crippen LogP contribution >= 0.6 is 0 Å². The predicted molar refractivity (Wildman–Crippen MR) is 72.2 cm³/mol. The lowest BCUT2D eigenvalue weighted by atomic mass is 9.94. The quantitative estimate of drug-likeness (QED) is 0.294. The highest BCUT2D eigenvalue weighted by Crippen LogP contribution is 2.23. The standard InChI is InChI=1S/C12H23N3O4/c1-6(2)8(15-13)4-14-10-7(3)19-9(5-16)11(17)12(10)18/h4,6-7,9-12,16-18H,5,13H2,1-3H3/b14-4?,15-8+. The second-order valence-corrected chi connectivity index (χ2v) is 5.02. The fourth-order valence-corrected chi connectivity index (χ4v) is 1.99. The summed E-state index contributed by atoms with van der Waals surface area (Å²) in [5.41, 5.74) is 0.596. The number of nitrogens with zero attached hydrogens (tertiary/aromatic N) is 2. The van der Waals surface area contributed by atoms with Gasteiger partial charge in [-0.25, -0.2) is 0 Å². The number of hydrogen-bond donors (Lipinski definition) is 4. The summed E-state index contributed by atoms with van der Waals surface area (Å²) in [4.78, 5) is 4.20. The summed E-state index contributed by atoms with van der Waals surface area (Å²) in [6.45, 7) is 5.23. The average molecular weight is 273 g/mol. The third-order valence-corrected chi connectivity index (χ3v) is 3.25. The lowest BCUT2D eigenvalue weighted by molar-refractivity contribution is -0.183. The second kappa shape index (κ2) is 6.95. The number of aliphatic hydroxyl groups is 3. The molecule has 110 valence electrons. The fourth-order valence-electron chi connectivity index (χ4n) is 1.99. The first-order chi connectivity index (χ1) is 8.92. The molecule has 0 aromatic heterocycles. The normalized spacial score (nSPS) is 37.2. The van der Waals surface area contributed by atoms with E-state index in [1.165, 1.54) is 6.21 Å². The van der Waals surface area contributed by atoms with Gasteiger partial charge in [0, 0.05) is 6.21 Å². The van der Waals surface area contributed by atoms with Gasteiger partial charge in [-0.3, -0.25) is 4.99 Å². The molecular formula is C12H23N3O4. The van der Waals surface area contributed by atoms with Crippen LogP contribution < -0.4 is 5.84 Å². The van der Waals surface area contributed by atoms with Crippen molar-refractivity contribution in [2.45, 2.75) is 51.2 Å². The highest BCUT2D eigenvalue weighted by molar-refractivity contribution is 6.31. The Morgan fingerprint density at radius 3 is 2.47 bits per heavy atom. The van der Waals surface area contributed by atoms with E-state index in [0.29, 0.717) is 5.71 Å². The topological polar surface area (TPSA) is 121 Å². The Hall–Kier alpha value is -1.02. The second-order valence-electron chi connectivity index (χ2n) is 5.02. The molecule has 7 nitrogen and oxygen atoms in total. The van der Waals surface area contributed by atoms with Gasteiger partial charge in [-0.1, -0.05) is 13.8 Å². The molecule has 7 heteroatoms. The molecule has 0 aromatic rings. The molecule has 0 amide bonds. The van der Waals surface area contributed by atoms with Gasteiger partial charge in [-0.15, -0.1) is 0 Å². The van der Waals surface area contributed by atoms with Crippen LogP contribution in [0.5, 0.6) is 0 Å². The van der Waals surface area contributed by atoms with E-state index in [-0.39, 0.29) is 12.5 Å². The minimum Gasteiger partial charge on any atom is -0.394 e. The van der Waals surface area contributed by atoms with Crippen molar-refractivity contribution in [3.8, 4) is 0 Å². The molecule has 1 rings (SSSR count). The molecule has 1 heterocycles. The van der Waals surface area contributed by atoms with Crippen LogP contribution in [-0.2, 0) is 4.74 Å². The maximum Gasteiger partial charge on any atom is 0.110 e. The highest BCUT2D eigenvalue weighted by Gasteiger charge is 2.42. The summed E-state index contributed by atoms with van der Waals surface area (Å²) in [6, 6.07) is -0.617. The summed E-state index contributed by atoms with van der Waals surface area (Å²) in [6.07, 6.45) is -1.98. The van der Waals surface area contributed by atoms with Crippen molar-refractivity contribution in [2.75, 3.05) is 6.61 Å². The summed E-state index contributed by atoms with van der Waals surface area (Å²) in [5.74, 6) is 5.36. The van der Waals surface area contributed by atoms with E-state index in [1.54, 1.807) is 6.92 Å². The van der Waals surface area contributed by atoms with Crippen LogP contribution in [0.1, 0.15) is 20.8 Å². The third kappa shape index (κ3) is 3.73. The summed E-state index contributed by atoms with van der Waals surface area (Å²) in [7, 11) is 0. The molecule has 0 saturated carbocycles. The van der Waals surface area contributed by atoms with Crippen LogP contribution in [-0.4, -0.2) is 64.3 Å². The summed E-state index contributed by atoms with van der Waals surface area (Å²) < 4.78 is 5.41. The maximum absolute atomic E-state index is 10.0. The van der Waals surface area contributed by atoms with Gasteiger partial charge in [0.1, 0.15) is 24.4 Å². The van der Waals surface area contributed by atoms with Gasteiger partial charge >= 0.3 is 0 Å². The minimum absolute atomic E-state index is 0.112. The smallest absolute Gasteiger partial charge is 0.110 e. The number of aliphatic hydroxyl groups excluding tert-OH is 3. The largest absolute Gasteiger partial charge is 0.394 e. The summed E-state index contributed by atoms with van der Waals surface area (Å²) >= 11 is 0. The summed E-state index contributed by atoms with van der Waals surface area (Å²) in [5, 5.41) is 32.5. The minimum atomic E-state index is -1.17. The number of aliphatic imine (C=N–C) groups is 1. The first-order valence-electron chi connectivity index (χ1n) is 6.35. The highest BCUT2D eigenvalue weighted by atomic mass is 16.5. The zero-order valence-corrected chi connectivity index (χ0v) is 11.5. The number of hydrogen-bond acceptors (Lipinski definition) is 7. The molecule has 0 aromatic carbocycles. The Morgan fingerprint density at radius 1 is 1.37 bits per heavy atom. The zero-order chi connectivity index (χ0) is 14.6. The molecule has 1 aliphatic rings. The Labute approximate surface area is 112 Å². The SMILES string of the molecule is CC(C)/C(C=NC1C(C)OC(CO)C(O)C1O)=N/N. The van der Waals surface area contributed by atoms with Gasteiger partial charge in [0.15, 0.2) is 0 Å². The Balaban J connectivity index is 2.80. The van der Waals surface area contributed by atoms with Crippen molar-refractivity contribution in [1.82, 2.24) is 0 Å². The Kier molecular flexibility index (Phi) is 5.86. The van der Waals surface area contributed by atoms with Crippen LogP contribution in [0.25, 0.3) is 0 Å². The van der Waals surface area contributed by atoms with Gasteiger partial charge in [0.05, 0.1) is 18.4 Å². The average Bonchev–Trinajstić information content (AvgIpc) is 2.37. The molecule has 0 aliphatic carbocycles. The van der Waals surface area contributed by atoms with Crippen LogP contribution in [0.15, 0.2) is 10.1 Å².